The summed E-state index contributed by atoms with van der Waals surface area (Å²) in [5, 5.41) is 3.67. The summed E-state index contributed by atoms with van der Waals surface area (Å²) in [6, 6.07) is 6.76. The van der Waals surface area contributed by atoms with Gasteiger partial charge >= 0.3 is 0 Å². The van der Waals surface area contributed by atoms with Crippen LogP contribution < -0.4 is 0 Å². The molecular weight excluding hydrogens is 299 g/mol. The van der Waals surface area contributed by atoms with Crippen LogP contribution in [0.2, 0.25) is 0 Å². The van der Waals surface area contributed by atoms with Crippen LogP contribution in [0.3, 0.4) is 0 Å². The van der Waals surface area contributed by atoms with E-state index in [1.54, 1.807) is 24.0 Å². The van der Waals surface area contributed by atoms with Crippen molar-refractivity contribution in [1.29, 1.82) is 0 Å². The van der Waals surface area contributed by atoms with Gasteiger partial charge in [-0.3, -0.25) is 9.69 Å². The van der Waals surface area contributed by atoms with Crippen LogP contribution in [-0.4, -0.2) is 52.0 Å². The summed E-state index contributed by atoms with van der Waals surface area (Å²) in [5.74, 6) is 0.0522. The Morgan fingerprint density at radius 1 is 1.30 bits per heavy atom. The molecule has 1 aromatic heterocycles. The number of hydrogen-bond donors (Lipinski definition) is 0. The molecule has 122 valence electrons. The van der Waals surface area contributed by atoms with E-state index in [4.69, 9.17) is 4.52 Å². The van der Waals surface area contributed by atoms with Crippen LogP contribution >= 0.6 is 0 Å². The summed E-state index contributed by atoms with van der Waals surface area (Å²) in [6.45, 7) is 6.33. The number of halogens is 1. The van der Waals surface area contributed by atoms with Crippen molar-refractivity contribution in [2.45, 2.75) is 19.9 Å². The number of rotatable bonds is 3. The lowest BCUT2D eigenvalue weighted by atomic mass is 10.1. The molecule has 1 atom stereocenters. The third kappa shape index (κ3) is 3.39. The summed E-state index contributed by atoms with van der Waals surface area (Å²) in [6.07, 6.45) is 0. The second kappa shape index (κ2) is 6.45. The van der Waals surface area contributed by atoms with Crippen LogP contribution in [0, 0.1) is 12.7 Å². The number of carbonyl (C=O) groups is 1. The second-order valence-corrected chi connectivity index (χ2v) is 5.70. The highest BCUT2D eigenvalue weighted by molar-refractivity contribution is 5.90. The maximum absolute atomic E-state index is 13.4. The molecule has 2 heterocycles. The molecule has 6 nitrogen and oxygen atoms in total. The van der Waals surface area contributed by atoms with Gasteiger partial charge in [-0.2, -0.15) is 4.98 Å². The molecule has 1 saturated heterocycles. The van der Waals surface area contributed by atoms with Crippen LogP contribution in [0.25, 0.3) is 0 Å². The van der Waals surface area contributed by atoms with E-state index in [1.807, 2.05) is 6.07 Å². The fourth-order valence-electron chi connectivity index (χ4n) is 2.82. The van der Waals surface area contributed by atoms with Gasteiger partial charge in [-0.05, 0) is 24.6 Å². The third-order valence-corrected chi connectivity index (χ3v) is 4.20. The Morgan fingerprint density at radius 3 is 2.65 bits per heavy atom. The number of nitrogens with zero attached hydrogens (tertiary/aromatic N) is 4. The van der Waals surface area contributed by atoms with Crippen molar-refractivity contribution >= 4 is 5.91 Å². The molecule has 1 aliphatic heterocycles. The fourth-order valence-corrected chi connectivity index (χ4v) is 2.82. The summed E-state index contributed by atoms with van der Waals surface area (Å²) >= 11 is 0. The van der Waals surface area contributed by atoms with Crippen LogP contribution in [-0.2, 0) is 0 Å². The number of benzene rings is 1. The van der Waals surface area contributed by atoms with Crippen molar-refractivity contribution in [2.24, 2.45) is 0 Å². The van der Waals surface area contributed by atoms with E-state index < -0.39 is 0 Å². The first kappa shape index (κ1) is 15.6. The maximum Gasteiger partial charge on any atom is 0.295 e. The molecule has 2 aromatic rings. The minimum absolute atomic E-state index is 0.106. The molecule has 23 heavy (non-hydrogen) atoms. The molecule has 0 radical (unpaired) electrons. The van der Waals surface area contributed by atoms with E-state index in [-0.39, 0.29) is 23.6 Å². The maximum atomic E-state index is 13.4. The van der Waals surface area contributed by atoms with Gasteiger partial charge in [-0.1, -0.05) is 17.3 Å². The topological polar surface area (TPSA) is 62.5 Å². The lowest BCUT2D eigenvalue weighted by molar-refractivity contribution is 0.0567. The highest BCUT2D eigenvalue weighted by atomic mass is 19.1. The van der Waals surface area contributed by atoms with Crippen LogP contribution in [0.1, 0.15) is 35.0 Å². The van der Waals surface area contributed by atoms with Gasteiger partial charge in [0.05, 0.1) is 0 Å². The standard InChI is InChI=1S/C16H19FN4O2/c1-11(13-4-3-5-14(17)10-13)20-6-8-21(9-7-20)16(22)15-18-12(2)23-19-15/h3-5,10-11H,6-9H2,1-2H3/t11-/m0/s1. The van der Waals surface area contributed by atoms with Crippen molar-refractivity contribution in [3.63, 3.8) is 0 Å². The van der Waals surface area contributed by atoms with Crippen molar-refractivity contribution in [2.75, 3.05) is 26.2 Å². The van der Waals surface area contributed by atoms with Crippen molar-refractivity contribution in [1.82, 2.24) is 19.9 Å². The molecule has 0 unspecified atom stereocenters. The van der Waals surface area contributed by atoms with Crippen LogP contribution in [0.4, 0.5) is 4.39 Å². The number of piperazine rings is 1. The van der Waals surface area contributed by atoms with E-state index in [1.165, 1.54) is 6.07 Å². The monoisotopic (exact) mass is 318 g/mol. The summed E-state index contributed by atoms with van der Waals surface area (Å²) in [4.78, 5) is 20.2. The zero-order valence-electron chi connectivity index (χ0n) is 13.2. The minimum atomic E-state index is -0.226. The number of carbonyl (C=O) groups excluding carboxylic acids is 1. The first-order valence-electron chi connectivity index (χ1n) is 7.63. The van der Waals surface area contributed by atoms with Gasteiger partial charge in [0, 0.05) is 39.1 Å². The van der Waals surface area contributed by atoms with Crippen LogP contribution in [0.15, 0.2) is 28.8 Å². The molecule has 1 aromatic carbocycles. The Balaban J connectivity index is 1.61. The zero-order chi connectivity index (χ0) is 16.4. The van der Waals surface area contributed by atoms with Gasteiger partial charge in [-0.25, -0.2) is 4.39 Å². The quantitative estimate of drug-likeness (QED) is 0.866. The molecule has 0 saturated carbocycles. The molecule has 3 rings (SSSR count). The first-order chi connectivity index (χ1) is 11.0. The average Bonchev–Trinajstić information content (AvgIpc) is 3.00. The van der Waals surface area contributed by atoms with E-state index in [2.05, 4.69) is 22.0 Å². The van der Waals surface area contributed by atoms with E-state index in [9.17, 15) is 9.18 Å². The van der Waals surface area contributed by atoms with E-state index >= 15 is 0 Å². The van der Waals surface area contributed by atoms with Crippen molar-refractivity contribution < 1.29 is 13.7 Å². The highest BCUT2D eigenvalue weighted by Crippen LogP contribution is 2.22. The molecule has 0 bridgehead atoms. The number of aryl methyl sites for hydroxylation is 1. The summed E-state index contributed by atoms with van der Waals surface area (Å²) in [5.41, 5.74) is 0.943. The molecule has 0 spiro atoms. The van der Waals surface area contributed by atoms with Crippen molar-refractivity contribution in [3.05, 3.63) is 47.4 Å². The van der Waals surface area contributed by atoms with Gasteiger partial charge in [0.1, 0.15) is 5.82 Å². The lowest BCUT2D eigenvalue weighted by Crippen LogP contribution is -2.49. The Labute approximate surface area is 133 Å². The fraction of sp³-hybridized carbons (Fsp3) is 0.438. The average molecular weight is 318 g/mol. The van der Waals surface area contributed by atoms with Crippen molar-refractivity contribution in [3.8, 4) is 0 Å². The predicted molar refractivity (Wildman–Crippen MR) is 81.3 cm³/mol. The van der Waals surface area contributed by atoms with Gasteiger partial charge in [0.2, 0.25) is 5.89 Å². The van der Waals surface area contributed by atoms with E-state index in [0.29, 0.717) is 19.0 Å². The normalized spacial score (nSPS) is 17.3. The molecule has 0 aliphatic carbocycles. The third-order valence-electron chi connectivity index (χ3n) is 4.20. The zero-order valence-corrected chi connectivity index (χ0v) is 13.2. The van der Waals surface area contributed by atoms with Gasteiger partial charge in [0.15, 0.2) is 0 Å². The molecule has 7 heteroatoms. The highest BCUT2D eigenvalue weighted by Gasteiger charge is 2.27. The van der Waals surface area contributed by atoms with Crippen LogP contribution in [0.5, 0.6) is 0 Å². The SMILES string of the molecule is Cc1nc(C(=O)N2CCN([C@@H](C)c3cccc(F)c3)CC2)no1. The molecule has 1 amide bonds. The van der Waals surface area contributed by atoms with Gasteiger partial charge in [-0.15, -0.1) is 0 Å². The Hall–Kier alpha value is -2.28. The first-order valence-corrected chi connectivity index (χ1v) is 7.63. The Bertz CT molecular complexity index is 695. The smallest absolute Gasteiger partial charge is 0.295 e. The molecule has 1 fully saturated rings. The van der Waals surface area contributed by atoms with Gasteiger partial charge < -0.3 is 9.42 Å². The molecule has 1 aliphatic rings. The summed E-state index contributed by atoms with van der Waals surface area (Å²) in [7, 11) is 0. The largest absolute Gasteiger partial charge is 0.339 e. The minimum Gasteiger partial charge on any atom is -0.339 e. The second-order valence-electron chi connectivity index (χ2n) is 5.70. The number of aromatic nitrogens is 2. The lowest BCUT2D eigenvalue weighted by Gasteiger charge is -2.37. The number of hydrogen-bond acceptors (Lipinski definition) is 5. The van der Waals surface area contributed by atoms with E-state index in [0.717, 1.165) is 18.7 Å². The Morgan fingerprint density at radius 2 is 2.04 bits per heavy atom. The van der Waals surface area contributed by atoms with Gasteiger partial charge in [0.25, 0.3) is 11.7 Å². The molecular formula is C16H19FN4O2. The Kier molecular flexibility index (Phi) is 4.38. The number of amides is 1. The predicted octanol–water partition coefficient (Wildman–Crippen LogP) is 2.04. The summed E-state index contributed by atoms with van der Waals surface area (Å²) < 4.78 is 18.2. The molecule has 0 N–H and O–H groups in total.